The lowest BCUT2D eigenvalue weighted by atomic mass is 10.3. The van der Waals surface area contributed by atoms with Gasteiger partial charge in [0.1, 0.15) is 17.6 Å². The number of benzene rings is 1. The number of fused-ring (bicyclic) bond motifs is 1. The Bertz CT molecular complexity index is 890. The molecule has 3 aromatic rings. The van der Waals surface area contributed by atoms with E-state index in [1.54, 1.807) is 6.20 Å². The monoisotopic (exact) mass is 351 g/mol. The van der Waals surface area contributed by atoms with Crippen LogP contribution < -0.4 is 4.90 Å². The van der Waals surface area contributed by atoms with Gasteiger partial charge in [-0.05, 0) is 31.5 Å². The van der Waals surface area contributed by atoms with E-state index < -0.39 is 0 Å². The number of carbonyl (C=O) groups is 1. The van der Waals surface area contributed by atoms with Gasteiger partial charge in [0.25, 0.3) is 0 Å². The summed E-state index contributed by atoms with van der Waals surface area (Å²) in [5.74, 6) is 0.775. The van der Waals surface area contributed by atoms with Crippen LogP contribution in [0.15, 0.2) is 36.5 Å². The Morgan fingerprint density at radius 2 is 1.81 bits per heavy atom. The van der Waals surface area contributed by atoms with Crippen LogP contribution in [-0.2, 0) is 11.3 Å². The van der Waals surface area contributed by atoms with Gasteiger partial charge in [0.15, 0.2) is 0 Å². The zero-order chi connectivity index (χ0) is 17.9. The van der Waals surface area contributed by atoms with Crippen molar-refractivity contribution in [3.63, 3.8) is 0 Å². The van der Waals surface area contributed by atoms with Crippen molar-refractivity contribution in [2.24, 2.45) is 0 Å². The second kappa shape index (κ2) is 7.07. The topological polar surface area (TPSA) is 80.0 Å². The molecule has 1 saturated heterocycles. The average Bonchev–Trinajstić information content (AvgIpc) is 2.87. The summed E-state index contributed by atoms with van der Waals surface area (Å²) < 4.78 is 0. The third kappa shape index (κ3) is 3.49. The zero-order valence-corrected chi connectivity index (χ0v) is 14.7. The predicted molar refractivity (Wildman–Crippen MR) is 97.7 cm³/mol. The maximum Gasteiger partial charge on any atom is 0.246 e. The van der Waals surface area contributed by atoms with E-state index in [4.69, 9.17) is 0 Å². The summed E-state index contributed by atoms with van der Waals surface area (Å²) in [5, 5.41) is 8.74. The molecule has 1 amide bonds. The molecule has 4 rings (SSSR count). The summed E-state index contributed by atoms with van der Waals surface area (Å²) in [4.78, 5) is 27.0. The van der Waals surface area contributed by atoms with Crippen molar-refractivity contribution in [1.29, 1.82) is 0 Å². The smallest absolute Gasteiger partial charge is 0.246 e. The first-order valence-electron chi connectivity index (χ1n) is 8.81. The Morgan fingerprint density at radius 1 is 1.04 bits per heavy atom. The van der Waals surface area contributed by atoms with E-state index in [-0.39, 0.29) is 12.5 Å². The van der Waals surface area contributed by atoms with E-state index in [0.29, 0.717) is 6.54 Å². The van der Waals surface area contributed by atoms with Crippen molar-refractivity contribution < 1.29 is 4.79 Å². The van der Waals surface area contributed by atoms with E-state index in [2.05, 4.69) is 25.1 Å². The fraction of sp³-hybridized carbons (Fsp3) is 0.389. The lowest BCUT2D eigenvalue weighted by Gasteiger charge is -2.22. The molecule has 0 spiro atoms. The van der Waals surface area contributed by atoms with Gasteiger partial charge >= 0.3 is 0 Å². The standard InChI is InChI=1S/C18H21N7O/c1-14-7-8-19-18(20-14)24-10-4-9-23(11-12-24)17(26)13-25-21-15-5-2-3-6-16(15)22-25/h2-3,5-8H,4,9-13H2,1H3. The largest absolute Gasteiger partial charge is 0.339 e. The van der Waals surface area contributed by atoms with Crippen LogP contribution in [-0.4, -0.2) is 61.9 Å². The molecule has 3 heterocycles. The molecule has 1 aliphatic heterocycles. The summed E-state index contributed by atoms with van der Waals surface area (Å²) in [6.07, 6.45) is 2.66. The molecule has 0 saturated carbocycles. The number of hydrogen-bond acceptors (Lipinski definition) is 6. The van der Waals surface area contributed by atoms with Gasteiger partial charge in [-0.1, -0.05) is 12.1 Å². The fourth-order valence-electron chi connectivity index (χ4n) is 3.15. The molecule has 0 aliphatic carbocycles. The van der Waals surface area contributed by atoms with E-state index in [0.717, 1.165) is 48.7 Å². The van der Waals surface area contributed by atoms with Gasteiger partial charge in [-0.3, -0.25) is 4.79 Å². The highest BCUT2D eigenvalue weighted by molar-refractivity contribution is 5.77. The molecule has 0 radical (unpaired) electrons. The highest BCUT2D eigenvalue weighted by Gasteiger charge is 2.21. The van der Waals surface area contributed by atoms with Gasteiger partial charge in [-0.2, -0.15) is 15.0 Å². The Kier molecular flexibility index (Phi) is 4.47. The zero-order valence-electron chi connectivity index (χ0n) is 14.7. The second-order valence-electron chi connectivity index (χ2n) is 6.44. The van der Waals surface area contributed by atoms with Crippen molar-refractivity contribution in [3.05, 3.63) is 42.2 Å². The van der Waals surface area contributed by atoms with E-state index >= 15 is 0 Å². The number of rotatable bonds is 3. The van der Waals surface area contributed by atoms with Crippen molar-refractivity contribution in [1.82, 2.24) is 29.9 Å². The molecular weight excluding hydrogens is 330 g/mol. The van der Waals surface area contributed by atoms with Gasteiger partial charge < -0.3 is 9.80 Å². The van der Waals surface area contributed by atoms with Crippen LogP contribution in [0.5, 0.6) is 0 Å². The molecule has 0 N–H and O–H groups in total. The minimum absolute atomic E-state index is 0.0392. The molecule has 1 aliphatic rings. The average molecular weight is 351 g/mol. The summed E-state index contributed by atoms with van der Waals surface area (Å²) in [6, 6.07) is 9.52. The molecule has 8 heteroatoms. The van der Waals surface area contributed by atoms with Crippen molar-refractivity contribution in [3.8, 4) is 0 Å². The summed E-state index contributed by atoms with van der Waals surface area (Å²) in [6.45, 7) is 5.06. The molecule has 134 valence electrons. The molecule has 1 aromatic carbocycles. The van der Waals surface area contributed by atoms with Crippen LogP contribution in [0.4, 0.5) is 5.95 Å². The number of amides is 1. The molecule has 26 heavy (non-hydrogen) atoms. The van der Waals surface area contributed by atoms with Crippen LogP contribution in [0.1, 0.15) is 12.1 Å². The quantitative estimate of drug-likeness (QED) is 0.707. The minimum atomic E-state index is 0.0392. The first-order chi connectivity index (χ1) is 12.7. The van der Waals surface area contributed by atoms with E-state index in [1.165, 1.54) is 4.80 Å². The summed E-state index contributed by atoms with van der Waals surface area (Å²) in [7, 11) is 0. The molecular formula is C18H21N7O. The number of hydrogen-bond donors (Lipinski definition) is 0. The first kappa shape index (κ1) is 16.4. The van der Waals surface area contributed by atoms with Gasteiger partial charge in [0, 0.05) is 38.1 Å². The Hall–Kier alpha value is -3.03. The van der Waals surface area contributed by atoms with Gasteiger partial charge in [0.2, 0.25) is 11.9 Å². The van der Waals surface area contributed by atoms with Crippen molar-refractivity contribution in [2.75, 3.05) is 31.1 Å². The molecule has 8 nitrogen and oxygen atoms in total. The van der Waals surface area contributed by atoms with E-state index in [9.17, 15) is 4.79 Å². The van der Waals surface area contributed by atoms with Crippen LogP contribution in [0.25, 0.3) is 11.0 Å². The first-order valence-corrected chi connectivity index (χ1v) is 8.81. The lowest BCUT2D eigenvalue weighted by Crippen LogP contribution is -2.37. The number of aryl methyl sites for hydroxylation is 1. The highest BCUT2D eigenvalue weighted by Crippen LogP contribution is 2.12. The lowest BCUT2D eigenvalue weighted by molar-refractivity contribution is -0.132. The second-order valence-corrected chi connectivity index (χ2v) is 6.44. The number of anilines is 1. The normalized spacial score (nSPS) is 15.3. The number of carbonyl (C=O) groups excluding carboxylic acids is 1. The Balaban J connectivity index is 1.41. The number of nitrogens with zero attached hydrogens (tertiary/aromatic N) is 7. The van der Waals surface area contributed by atoms with Crippen LogP contribution >= 0.6 is 0 Å². The predicted octanol–water partition coefficient (Wildman–Crippen LogP) is 1.27. The Morgan fingerprint density at radius 3 is 2.54 bits per heavy atom. The Labute approximate surface area is 151 Å². The summed E-state index contributed by atoms with van der Waals surface area (Å²) >= 11 is 0. The minimum Gasteiger partial charge on any atom is -0.339 e. The third-order valence-electron chi connectivity index (χ3n) is 4.52. The molecule has 0 atom stereocenters. The van der Waals surface area contributed by atoms with Gasteiger partial charge in [-0.15, -0.1) is 0 Å². The molecule has 0 unspecified atom stereocenters. The third-order valence-corrected chi connectivity index (χ3v) is 4.52. The molecule has 0 bridgehead atoms. The van der Waals surface area contributed by atoms with Crippen molar-refractivity contribution in [2.45, 2.75) is 19.9 Å². The van der Waals surface area contributed by atoms with Gasteiger partial charge in [-0.25, -0.2) is 9.97 Å². The summed E-state index contributed by atoms with van der Waals surface area (Å²) in [5.41, 5.74) is 2.56. The fourth-order valence-corrected chi connectivity index (χ4v) is 3.15. The molecule has 1 fully saturated rings. The highest BCUT2D eigenvalue weighted by atomic mass is 16.2. The maximum absolute atomic E-state index is 12.7. The number of aromatic nitrogens is 5. The maximum atomic E-state index is 12.7. The SMILES string of the molecule is Cc1ccnc(N2CCCN(C(=O)Cn3nc4ccccc4n3)CC2)n1. The van der Waals surface area contributed by atoms with Crippen LogP contribution in [0.2, 0.25) is 0 Å². The van der Waals surface area contributed by atoms with E-state index in [1.807, 2.05) is 42.2 Å². The van der Waals surface area contributed by atoms with Gasteiger partial charge in [0.05, 0.1) is 0 Å². The van der Waals surface area contributed by atoms with Crippen LogP contribution in [0, 0.1) is 6.92 Å². The van der Waals surface area contributed by atoms with Crippen molar-refractivity contribution >= 4 is 22.9 Å². The van der Waals surface area contributed by atoms with Crippen LogP contribution in [0.3, 0.4) is 0 Å². The molecule has 2 aromatic heterocycles.